The largest absolute Gasteiger partial charge is 0.274 e. The molecule has 64 valence electrons. The second-order valence-corrected chi connectivity index (χ2v) is 3.14. The first-order chi connectivity index (χ1) is 6.24. The number of nitrogens with zero attached hydrogens (tertiary/aromatic N) is 3. The van der Waals surface area contributed by atoms with Crippen LogP contribution in [0.4, 0.5) is 0 Å². The predicted octanol–water partition coefficient (Wildman–Crippen LogP) is 2.17. The topological polar surface area (TPSA) is 41.1 Å². The zero-order valence-corrected chi connectivity index (χ0v) is 7.71. The number of aromatic nitrogens is 2. The Labute approximate surface area is 80.2 Å². The maximum absolute atomic E-state index is 8.77. The highest BCUT2D eigenvalue weighted by Crippen LogP contribution is 2.17. The van der Waals surface area contributed by atoms with Crippen molar-refractivity contribution in [3.8, 4) is 6.07 Å². The monoisotopic (exact) mass is 191 g/mol. The van der Waals surface area contributed by atoms with Crippen LogP contribution in [0.5, 0.6) is 0 Å². The van der Waals surface area contributed by atoms with Crippen molar-refractivity contribution in [2.24, 2.45) is 0 Å². The van der Waals surface area contributed by atoms with E-state index in [0.717, 1.165) is 11.2 Å². The van der Waals surface area contributed by atoms with Crippen LogP contribution in [0, 0.1) is 18.3 Å². The van der Waals surface area contributed by atoms with E-state index in [9.17, 15) is 0 Å². The second-order valence-electron chi connectivity index (χ2n) is 2.75. The summed E-state index contributed by atoms with van der Waals surface area (Å²) in [5.41, 5.74) is 2.21. The molecular formula is C9H6ClN3. The summed E-state index contributed by atoms with van der Waals surface area (Å²) in [7, 11) is 0. The van der Waals surface area contributed by atoms with Crippen molar-refractivity contribution in [3.63, 3.8) is 0 Å². The van der Waals surface area contributed by atoms with Crippen molar-refractivity contribution in [2.45, 2.75) is 6.92 Å². The fourth-order valence-electron chi connectivity index (χ4n) is 1.27. The van der Waals surface area contributed by atoms with Gasteiger partial charge in [0.2, 0.25) is 0 Å². The van der Waals surface area contributed by atoms with Crippen LogP contribution in [-0.4, -0.2) is 9.38 Å². The molecule has 0 atom stereocenters. The molecule has 0 aliphatic carbocycles. The number of fused-ring (bicyclic) bond motifs is 1. The number of hydrogen-bond donors (Lipinski definition) is 0. The molecule has 0 saturated heterocycles. The molecule has 0 aromatic carbocycles. The van der Waals surface area contributed by atoms with E-state index in [4.69, 9.17) is 16.9 Å². The van der Waals surface area contributed by atoms with Gasteiger partial charge >= 0.3 is 0 Å². The average molecular weight is 192 g/mol. The summed E-state index contributed by atoms with van der Waals surface area (Å²) in [6.07, 6.45) is 1.52. The Bertz CT molecular complexity index is 507. The summed E-state index contributed by atoms with van der Waals surface area (Å²) >= 11 is 5.93. The molecule has 0 amide bonds. The van der Waals surface area contributed by atoms with E-state index in [1.165, 1.54) is 6.20 Å². The highest BCUT2D eigenvalue weighted by Gasteiger charge is 2.07. The van der Waals surface area contributed by atoms with Gasteiger partial charge in [-0.15, -0.1) is 0 Å². The number of imidazole rings is 1. The van der Waals surface area contributed by atoms with Crippen LogP contribution < -0.4 is 0 Å². The molecule has 0 aliphatic rings. The predicted molar refractivity (Wildman–Crippen MR) is 49.7 cm³/mol. The van der Waals surface area contributed by atoms with Gasteiger partial charge in [0.05, 0.1) is 6.20 Å². The third-order valence-electron chi connectivity index (χ3n) is 1.91. The summed E-state index contributed by atoms with van der Waals surface area (Å²) in [6, 6.07) is 5.67. The molecule has 2 heterocycles. The Balaban J connectivity index is 2.98. The normalized spacial score (nSPS) is 10.2. The average Bonchev–Trinajstić information content (AvgIpc) is 2.56. The van der Waals surface area contributed by atoms with Gasteiger partial charge < -0.3 is 0 Å². The molecular weight excluding hydrogens is 186 g/mol. The minimum absolute atomic E-state index is 0.462. The Morgan fingerprint density at radius 2 is 2.31 bits per heavy atom. The van der Waals surface area contributed by atoms with Crippen molar-refractivity contribution in [3.05, 3.63) is 34.7 Å². The molecule has 2 aromatic heterocycles. The number of rotatable bonds is 0. The zero-order chi connectivity index (χ0) is 9.42. The van der Waals surface area contributed by atoms with E-state index in [-0.39, 0.29) is 0 Å². The molecule has 0 N–H and O–H groups in total. The molecule has 0 saturated carbocycles. The number of hydrogen-bond acceptors (Lipinski definition) is 2. The third kappa shape index (κ3) is 1.07. The lowest BCUT2D eigenvalue weighted by molar-refractivity contribution is 1.14. The maximum atomic E-state index is 8.77. The van der Waals surface area contributed by atoms with Crippen molar-refractivity contribution < 1.29 is 0 Å². The van der Waals surface area contributed by atoms with E-state index in [2.05, 4.69) is 4.98 Å². The first-order valence-corrected chi connectivity index (χ1v) is 4.14. The summed E-state index contributed by atoms with van der Waals surface area (Å²) < 4.78 is 1.64. The number of nitriles is 1. The molecule has 0 unspecified atom stereocenters. The standard InChI is InChI=1S/C9H6ClN3/c1-6-2-3-8(10)13-7(4-11)5-12-9(6)13/h2-3,5H,1H3. The fraction of sp³-hybridized carbons (Fsp3) is 0.111. The summed E-state index contributed by atoms with van der Waals surface area (Å²) in [5.74, 6) is 0. The van der Waals surface area contributed by atoms with E-state index in [1.807, 2.05) is 19.1 Å². The van der Waals surface area contributed by atoms with Gasteiger partial charge in [0.25, 0.3) is 0 Å². The highest BCUT2D eigenvalue weighted by atomic mass is 35.5. The van der Waals surface area contributed by atoms with E-state index in [1.54, 1.807) is 10.5 Å². The smallest absolute Gasteiger partial charge is 0.145 e. The summed E-state index contributed by atoms with van der Waals surface area (Å²) in [4.78, 5) is 4.11. The lowest BCUT2D eigenvalue weighted by Crippen LogP contribution is -1.91. The van der Waals surface area contributed by atoms with Crippen LogP contribution in [0.25, 0.3) is 5.65 Å². The van der Waals surface area contributed by atoms with Gasteiger partial charge in [-0.3, -0.25) is 4.40 Å². The van der Waals surface area contributed by atoms with Crippen LogP contribution in [0.1, 0.15) is 11.3 Å². The summed E-state index contributed by atoms with van der Waals surface area (Å²) in [5, 5.41) is 9.28. The molecule has 2 rings (SSSR count). The van der Waals surface area contributed by atoms with Crippen LogP contribution in [0.15, 0.2) is 18.3 Å². The van der Waals surface area contributed by atoms with Crippen LogP contribution in [-0.2, 0) is 0 Å². The van der Waals surface area contributed by atoms with Crippen LogP contribution in [0.3, 0.4) is 0 Å². The SMILES string of the molecule is Cc1ccc(Cl)n2c(C#N)cnc12. The van der Waals surface area contributed by atoms with Gasteiger partial charge in [-0.1, -0.05) is 17.7 Å². The Kier molecular flexibility index (Phi) is 1.71. The lowest BCUT2D eigenvalue weighted by atomic mass is 10.3. The first-order valence-electron chi connectivity index (χ1n) is 3.76. The number of pyridine rings is 1. The van der Waals surface area contributed by atoms with Gasteiger partial charge in [0.1, 0.15) is 22.6 Å². The van der Waals surface area contributed by atoms with Crippen LogP contribution >= 0.6 is 11.6 Å². The zero-order valence-electron chi connectivity index (χ0n) is 6.95. The fourth-order valence-corrected chi connectivity index (χ4v) is 1.50. The maximum Gasteiger partial charge on any atom is 0.145 e. The Morgan fingerprint density at radius 3 is 3.00 bits per heavy atom. The number of aryl methyl sites for hydroxylation is 1. The Morgan fingerprint density at radius 1 is 1.54 bits per heavy atom. The van der Waals surface area contributed by atoms with Crippen LogP contribution in [0.2, 0.25) is 5.15 Å². The quantitative estimate of drug-likeness (QED) is 0.599. The molecule has 13 heavy (non-hydrogen) atoms. The third-order valence-corrected chi connectivity index (χ3v) is 2.21. The first kappa shape index (κ1) is 8.09. The van der Waals surface area contributed by atoms with E-state index in [0.29, 0.717) is 10.8 Å². The van der Waals surface area contributed by atoms with Gasteiger partial charge in [0, 0.05) is 0 Å². The molecule has 0 fully saturated rings. The van der Waals surface area contributed by atoms with Crippen molar-refractivity contribution >= 4 is 17.2 Å². The second kappa shape index (κ2) is 2.75. The van der Waals surface area contributed by atoms with Crippen molar-refractivity contribution in [2.75, 3.05) is 0 Å². The van der Waals surface area contributed by atoms with E-state index < -0.39 is 0 Å². The van der Waals surface area contributed by atoms with E-state index >= 15 is 0 Å². The minimum Gasteiger partial charge on any atom is -0.274 e. The van der Waals surface area contributed by atoms with Gasteiger partial charge in [-0.25, -0.2) is 4.98 Å². The van der Waals surface area contributed by atoms with Gasteiger partial charge in [-0.2, -0.15) is 5.26 Å². The molecule has 4 heteroatoms. The van der Waals surface area contributed by atoms with Gasteiger partial charge in [-0.05, 0) is 18.6 Å². The Hall–Kier alpha value is -1.53. The summed E-state index contributed by atoms with van der Waals surface area (Å²) in [6.45, 7) is 1.93. The lowest BCUT2D eigenvalue weighted by Gasteiger charge is -2.00. The molecule has 0 spiro atoms. The van der Waals surface area contributed by atoms with Crippen molar-refractivity contribution in [1.82, 2.24) is 9.38 Å². The number of halogens is 1. The molecule has 0 bridgehead atoms. The molecule has 3 nitrogen and oxygen atoms in total. The van der Waals surface area contributed by atoms with Crippen molar-refractivity contribution in [1.29, 1.82) is 5.26 Å². The molecule has 2 aromatic rings. The molecule has 0 aliphatic heterocycles. The highest BCUT2D eigenvalue weighted by molar-refractivity contribution is 6.29. The van der Waals surface area contributed by atoms with Gasteiger partial charge in [0.15, 0.2) is 0 Å². The minimum atomic E-state index is 0.462. The molecule has 0 radical (unpaired) electrons.